The minimum absolute atomic E-state index is 1.13. The van der Waals surface area contributed by atoms with Gasteiger partial charge in [-0.1, -0.05) is 66.6 Å². The quantitative estimate of drug-likeness (QED) is 0.409. The molecule has 14 heavy (non-hydrogen) atoms. The summed E-state index contributed by atoms with van der Waals surface area (Å²) in [6.07, 6.45) is 11.2. The Labute approximate surface area is 98.9 Å². The third-order valence-corrected chi connectivity index (χ3v) is 1.66. The van der Waals surface area contributed by atoms with E-state index in [0.29, 0.717) is 0 Å². The molecule has 0 aliphatic carbocycles. The van der Waals surface area contributed by atoms with Crippen LogP contribution in [0, 0.1) is 0 Å². The maximum absolute atomic E-state index is 3.31. The van der Waals surface area contributed by atoms with E-state index >= 15 is 0 Å². The van der Waals surface area contributed by atoms with E-state index in [0.717, 1.165) is 4.48 Å². The van der Waals surface area contributed by atoms with Crippen molar-refractivity contribution >= 4 is 15.9 Å². The molecule has 0 saturated carbocycles. The summed E-state index contributed by atoms with van der Waals surface area (Å²) in [7, 11) is 0. The van der Waals surface area contributed by atoms with Crippen molar-refractivity contribution in [2.45, 2.75) is 48.0 Å². The van der Waals surface area contributed by atoms with Crippen molar-refractivity contribution in [3.63, 3.8) is 0 Å². The SMILES string of the molecule is C/C=C/C.C/C=C/C(Br)=C\C.CCC. The van der Waals surface area contributed by atoms with E-state index in [4.69, 9.17) is 0 Å². The van der Waals surface area contributed by atoms with Crippen LogP contribution in [-0.4, -0.2) is 0 Å². The molecule has 0 aromatic heterocycles. The predicted octanol–water partition coefficient (Wildman–Crippen LogP) is 5.86. The molecular weight excluding hydrogens is 236 g/mol. The van der Waals surface area contributed by atoms with Gasteiger partial charge >= 0.3 is 0 Å². The molecule has 0 nitrogen and oxygen atoms in total. The standard InChI is InChI=1S/C6H9Br.C4H8.C3H8/c1-3-5-6(7)4-2;1-3-4-2;1-3-2/h3-5H,1-2H3;3-4H,1-2H3;3H2,1-2H3/b5-3+,6-4+;4-3+;. The maximum Gasteiger partial charge on any atom is 0.0129 e. The number of hydrogen-bond acceptors (Lipinski definition) is 0. The van der Waals surface area contributed by atoms with Gasteiger partial charge in [0.2, 0.25) is 0 Å². The minimum atomic E-state index is 1.13. The molecule has 0 N–H and O–H groups in total. The zero-order valence-corrected chi connectivity index (χ0v) is 12.1. The van der Waals surface area contributed by atoms with Gasteiger partial charge in [-0.3, -0.25) is 0 Å². The van der Waals surface area contributed by atoms with Crippen LogP contribution in [0.15, 0.2) is 34.9 Å². The third-order valence-electron chi connectivity index (χ3n) is 0.935. The van der Waals surface area contributed by atoms with Crippen molar-refractivity contribution in [1.29, 1.82) is 0 Å². The lowest BCUT2D eigenvalue weighted by Gasteiger charge is -1.78. The molecule has 0 radical (unpaired) electrons. The molecule has 0 aliphatic rings. The van der Waals surface area contributed by atoms with Gasteiger partial charge in [0.15, 0.2) is 0 Å². The maximum atomic E-state index is 3.31. The minimum Gasteiger partial charge on any atom is -0.0919 e. The topological polar surface area (TPSA) is 0 Å². The van der Waals surface area contributed by atoms with Crippen LogP contribution in [0.2, 0.25) is 0 Å². The highest BCUT2D eigenvalue weighted by Gasteiger charge is 1.72. The first-order chi connectivity index (χ1) is 6.64. The first kappa shape index (κ1) is 19.3. The second kappa shape index (κ2) is 23.0. The monoisotopic (exact) mass is 260 g/mol. The van der Waals surface area contributed by atoms with Gasteiger partial charge in [0.1, 0.15) is 0 Å². The summed E-state index contributed by atoms with van der Waals surface area (Å²) < 4.78 is 1.13. The Morgan fingerprint density at radius 3 is 1.36 bits per heavy atom. The highest BCUT2D eigenvalue weighted by Crippen LogP contribution is 2.04. The summed E-state index contributed by atoms with van der Waals surface area (Å²) >= 11 is 3.31. The summed E-state index contributed by atoms with van der Waals surface area (Å²) in [5, 5.41) is 0. The molecule has 0 amide bonds. The lowest BCUT2D eigenvalue weighted by Crippen LogP contribution is -1.53. The van der Waals surface area contributed by atoms with Crippen LogP contribution in [0.25, 0.3) is 0 Å². The van der Waals surface area contributed by atoms with E-state index in [2.05, 4.69) is 29.8 Å². The Balaban J connectivity index is -0.000000147. The first-order valence-electron chi connectivity index (χ1n) is 5.16. The number of hydrogen-bond donors (Lipinski definition) is 0. The zero-order valence-electron chi connectivity index (χ0n) is 10.5. The zero-order chi connectivity index (χ0) is 11.8. The van der Waals surface area contributed by atoms with Gasteiger partial charge in [-0.25, -0.2) is 0 Å². The van der Waals surface area contributed by atoms with Crippen LogP contribution in [0.3, 0.4) is 0 Å². The van der Waals surface area contributed by atoms with E-state index in [1.54, 1.807) is 0 Å². The van der Waals surface area contributed by atoms with Gasteiger partial charge in [-0.15, -0.1) is 0 Å². The highest BCUT2D eigenvalue weighted by molar-refractivity contribution is 9.11. The van der Waals surface area contributed by atoms with Gasteiger partial charge in [0.25, 0.3) is 0 Å². The van der Waals surface area contributed by atoms with Crippen molar-refractivity contribution in [2.24, 2.45) is 0 Å². The molecule has 0 atom stereocenters. The average molecular weight is 261 g/mol. The lowest BCUT2D eigenvalue weighted by atomic mass is 10.5. The van der Waals surface area contributed by atoms with Gasteiger partial charge < -0.3 is 0 Å². The Hall–Kier alpha value is -0.300. The molecular formula is C13H25Br. The van der Waals surface area contributed by atoms with Crippen molar-refractivity contribution in [3.8, 4) is 0 Å². The van der Waals surface area contributed by atoms with Crippen molar-refractivity contribution in [2.75, 3.05) is 0 Å². The van der Waals surface area contributed by atoms with Crippen LogP contribution in [0.5, 0.6) is 0 Å². The van der Waals surface area contributed by atoms with Crippen LogP contribution < -0.4 is 0 Å². The van der Waals surface area contributed by atoms with Crippen LogP contribution in [0.1, 0.15) is 48.0 Å². The summed E-state index contributed by atoms with van der Waals surface area (Å²) in [5.74, 6) is 0. The van der Waals surface area contributed by atoms with E-state index in [9.17, 15) is 0 Å². The third kappa shape index (κ3) is 41.2. The van der Waals surface area contributed by atoms with E-state index in [-0.39, 0.29) is 0 Å². The largest absolute Gasteiger partial charge is 0.0919 e. The van der Waals surface area contributed by atoms with Crippen molar-refractivity contribution in [1.82, 2.24) is 0 Å². The molecule has 0 bridgehead atoms. The van der Waals surface area contributed by atoms with E-state index < -0.39 is 0 Å². The summed E-state index contributed by atoms with van der Waals surface area (Å²) in [6, 6.07) is 0. The Morgan fingerprint density at radius 1 is 0.929 bits per heavy atom. The molecule has 0 aromatic rings. The van der Waals surface area contributed by atoms with Crippen LogP contribution in [-0.2, 0) is 0 Å². The second-order valence-corrected chi connectivity index (χ2v) is 3.46. The highest BCUT2D eigenvalue weighted by atomic mass is 79.9. The summed E-state index contributed by atoms with van der Waals surface area (Å²) in [5.41, 5.74) is 0. The Bertz CT molecular complexity index is 149. The van der Waals surface area contributed by atoms with Crippen molar-refractivity contribution in [3.05, 3.63) is 34.9 Å². The summed E-state index contributed by atoms with van der Waals surface area (Å²) in [4.78, 5) is 0. The molecule has 0 rings (SSSR count). The van der Waals surface area contributed by atoms with Gasteiger partial charge in [-0.05, 0) is 27.7 Å². The number of rotatable bonds is 1. The van der Waals surface area contributed by atoms with Crippen molar-refractivity contribution < 1.29 is 0 Å². The lowest BCUT2D eigenvalue weighted by molar-refractivity contribution is 1.09. The Kier molecular flexibility index (Phi) is 31.7. The molecule has 0 saturated heterocycles. The second-order valence-electron chi connectivity index (χ2n) is 2.55. The van der Waals surface area contributed by atoms with Crippen LogP contribution in [0.4, 0.5) is 0 Å². The Morgan fingerprint density at radius 2 is 1.29 bits per heavy atom. The number of halogens is 1. The summed E-state index contributed by atoms with van der Waals surface area (Å²) in [6.45, 7) is 12.2. The molecule has 0 aromatic carbocycles. The first-order valence-corrected chi connectivity index (χ1v) is 5.95. The van der Waals surface area contributed by atoms with Gasteiger partial charge in [0, 0.05) is 4.48 Å². The predicted molar refractivity (Wildman–Crippen MR) is 74.0 cm³/mol. The molecule has 0 spiro atoms. The van der Waals surface area contributed by atoms with Crippen LogP contribution >= 0.6 is 15.9 Å². The molecule has 0 unspecified atom stereocenters. The molecule has 84 valence electrons. The molecule has 0 aliphatic heterocycles. The molecule has 0 fully saturated rings. The van der Waals surface area contributed by atoms with Gasteiger partial charge in [-0.2, -0.15) is 0 Å². The smallest absolute Gasteiger partial charge is 0.0129 e. The normalized spacial score (nSPS) is 10.6. The average Bonchev–Trinajstić information content (AvgIpc) is 2.20. The fourth-order valence-electron chi connectivity index (χ4n) is 0.255. The van der Waals surface area contributed by atoms with E-state index in [1.165, 1.54) is 6.42 Å². The molecule has 0 heterocycles. The van der Waals surface area contributed by atoms with E-state index in [1.807, 2.05) is 58.1 Å². The van der Waals surface area contributed by atoms with Gasteiger partial charge in [0.05, 0.1) is 0 Å². The fourth-order valence-corrected chi connectivity index (χ4v) is 0.520. The fraction of sp³-hybridized carbons (Fsp3) is 0.538. The number of allylic oxidation sites excluding steroid dienone is 6. The molecule has 1 heteroatoms.